The molecule has 0 aliphatic heterocycles. The van der Waals surface area contributed by atoms with Crippen LogP contribution >= 0.6 is 0 Å². The molecule has 3 aromatic heterocycles. The van der Waals surface area contributed by atoms with Crippen LogP contribution in [0.1, 0.15) is 27.6 Å². The highest BCUT2D eigenvalue weighted by molar-refractivity contribution is 5.95. The molecule has 8 nitrogen and oxygen atoms in total. The fraction of sp³-hybridized carbons (Fsp3) is 0.167. The van der Waals surface area contributed by atoms with Crippen LogP contribution in [0.15, 0.2) is 47.1 Å². The highest BCUT2D eigenvalue weighted by Crippen LogP contribution is 2.22. The summed E-state index contributed by atoms with van der Waals surface area (Å²) in [6.07, 6.45) is 1.83. The molecular formula is C18H16N6O2. The van der Waals surface area contributed by atoms with Crippen molar-refractivity contribution in [3.8, 4) is 11.5 Å². The second-order valence-electron chi connectivity index (χ2n) is 5.88. The van der Waals surface area contributed by atoms with E-state index in [9.17, 15) is 4.79 Å². The van der Waals surface area contributed by atoms with Gasteiger partial charge in [-0.25, -0.2) is 0 Å². The predicted molar refractivity (Wildman–Crippen MR) is 93.4 cm³/mol. The minimum Gasteiger partial charge on any atom is -0.345 e. The summed E-state index contributed by atoms with van der Waals surface area (Å²) < 4.78 is 7.02. The molecule has 8 heteroatoms. The molecule has 0 aliphatic rings. The molecule has 1 aromatic carbocycles. The van der Waals surface area contributed by atoms with Gasteiger partial charge in [-0.2, -0.15) is 4.98 Å². The number of nitrogens with zero attached hydrogens (tertiary/aromatic N) is 5. The lowest BCUT2D eigenvalue weighted by Crippen LogP contribution is -2.24. The molecule has 0 atom stereocenters. The van der Waals surface area contributed by atoms with Gasteiger partial charge in [0.25, 0.3) is 11.8 Å². The molecule has 0 bridgehead atoms. The highest BCUT2D eigenvalue weighted by Gasteiger charge is 2.16. The number of fused-ring (bicyclic) bond motifs is 1. The Morgan fingerprint density at radius 2 is 2.00 bits per heavy atom. The van der Waals surface area contributed by atoms with Crippen LogP contribution in [0.4, 0.5) is 0 Å². The van der Waals surface area contributed by atoms with Gasteiger partial charge >= 0.3 is 0 Å². The Morgan fingerprint density at radius 3 is 2.77 bits per heavy atom. The molecule has 3 heterocycles. The summed E-state index contributed by atoms with van der Waals surface area (Å²) in [4.78, 5) is 16.6. The largest absolute Gasteiger partial charge is 0.345 e. The third kappa shape index (κ3) is 2.81. The van der Waals surface area contributed by atoms with Crippen LogP contribution in [0, 0.1) is 13.8 Å². The van der Waals surface area contributed by atoms with E-state index >= 15 is 0 Å². The molecular weight excluding hydrogens is 332 g/mol. The van der Waals surface area contributed by atoms with Crippen molar-refractivity contribution in [2.45, 2.75) is 20.4 Å². The molecule has 4 aromatic rings. The average Bonchev–Trinajstić information content (AvgIpc) is 3.26. The lowest BCUT2D eigenvalue weighted by Gasteiger charge is -2.07. The number of rotatable bonds is 4. The van der Waals surface area contributed by atoms with Crippen LogP contribution in [0.25, 0.3) is 17.1 Å². The van der Waals surface area contributed by atoms with Crippen molar-refractivity contribution < 1.29 is 9.32 Å². The molecule has 0 saturated carbocycles. The first-order valence-corrected chi connectivity index (χ1v) is 8.10. The van der Waals surface area contributed by atoms with Gasteiger partial charge in [-0.3, -0.25) is 9.20 Å². The molecule has 0 unspecified atom stereocenters. The molecule has 1 amide bonds. The maximum atomic E-state index is 12.4. The Balaban J connectivity index is 1.60. The number of carbonyl (C=O) groups excluding carboxylic acids is 1. The smallest absolute Gasteiger partial charge is 0.261 e. The zero-order valence-corrected chi connectivity index (χ0v) is 14.3. The molecule has 0 spiro atoms. The second kappa shape index (κ2) is 6.40. The van der Waals surface area contributed by atoms with Gasteiger partial charge in [0.15, 0.2) is 17.3 Å². The fourth-order valence-electron chi connectivity index (χ4n) is 2.74. The first kappa shape index (κ1) is 15.9. The molecule has 0 saturated heterocycles. The zero-order chi connectivity index (χ0) is 18.1. The van der Waals surface area contributed by atoms with Crippen molar-refractivity contribution in [3.05, 3.63) is 65.4 Å². The summed E-state index contributed by atoms with van der Waals surface area (Å²) in [5, 5.41) is 15.1. The quantitative estimate of drug-likeness (QED) is 0.608. The summed E-state index contributed by atoms with van der Waals surface area (Å²) in [6.45, 7) is 3.91. The Bertz CT molecular complexity index is 1100. The van der Waals surface area contributed by atoms with Crippen molar-refractivity contribution in [3.63, 3.8) is 0 Å². The van der Waals surface area contributed by atoms with E-state index < -0.39 is 0 Å². The van der Waals surface area contributed by atoms with Crippen LogP contribution in [-0.2, 0) is 6.54 Å². The zero-order valence-electron chi connectivity index (χ0n) is 14.3. The van der Waals surface area contributed by atoms with Crippen LogP contribution in [0.5, 0.6) is 0 Å². The minimum absolute atomic E-state index is 0.150. The summed E-state index contributed by atoms with van der Waals surface area (Å²) in [5.41, 5.74) is 2.85. The van der Waals surface area contributed by atoms with Crippen LogP contribution in [0.3, 0.4) is 0 Å². The van der Waals surface area contributed by atoms with Gasteiger partial charge < -0.3 is 9.84 Å². The van der Waals surface area contributed by atoms with Gasteiger partial charge in [-0.15, -0.1) is 10.2 Å². The molecule has 0 aliphatic carbocycles. The lowest BCUT2D eigenvalue weighted by molar-refractivity contribution is 0.0949. The number of carbonyl (C=O) groups is 1. The van der Waals surface area contributed by atoms with Gasteiger partial charge in [0.05, 0.1) is 12.1 Å². The number of benzene rings is 1. The minimum atomic E-state index is -0.150. The maximum Gasteiger partial charge on any atom is 0.261 e. The van der Waals surface area contributed by atoms with E-state index in [1.165, 1.54) is 0 Å². The van der Waals surface area contributed by atoms with Gasteiger partial charge in [0, 0.05) is 11.8 Å². The summed E-state index contributed by atoms with van der Waals surface area (Å²) in [5.74, 6) is 1.40. The van der Waals surface area contributed by atoms with Crippen molar-refractivity contribution >= 4 is 11.6 Å². The van der Waals surface area contributed by atoms with Crippen molar-refractivity contribution in [2.75, 3.05) is 0 Å². The van der Waals surface area contributed by atoms with Crippen molar-refractivity contribution in [1.29, 1.82) is 0 Å². The standard InChI is InChI=1S/C18H16N6O2/c1-11-6-3-4-7-13(11)17(25)19-10-15-21-22-16-14(8-5-9-24(15)16)18-20-12(2)23-26-18/h3-9H,10H2,1-2H3,(H,19,25). The Hall–Kier alpha value is -3.55. The van der Waals surface area contributed by atoms with E-state index in [4.69, 9.17) is 4.52 Å². The van der Waals surface area contributed by atoms with E-state index in [0.29, 0.717) is 34.3 Å². The van der Waals surface area contributed by atoms with Crippen LogP contribution in [-0.4, -0.2) is 30.6 Å². The molecule has 1 N–H and O–H groups in total. The average molecular weight is 348 g/mol. The second-order valence-corrected chi connectivity index (χ2v) is 5.88. The van der Waals surface area contributed by atoms with Crippen molar-refractivity contribution in [2.24, 2.45) is 0 Å². The highest BCUT2D eigenvalue weighted by atomic mass is 16.5. The Labute approximate surface area is 148 Å². The number of amides is 1. The number of hydrogen-bond acceptors (Lipinski definition) is 6. The maximum absolute atomic E-state index is 12.4. The monoisotopic (exact) mass is 348 g/mol. The number of aromatic nitrogens is 5. The van der Waals surface area contributed by atoms with Crippen molar-refractivity contribution in [1.82, 2.24) is 30.1 Å². The number of nitrogens with one attached hydrogen (secondary N) is 1. The van der Waals surface area contributed by atoms with Crippen LogP contribution in [0.2, 0.25) is 0 Å². The first-order valence-electron chi connectivity index (χ1n) is 8.10. The third-order valence-corrected chi connectivity index (χ3v) is 4.06. The third-order valence-electron chi connectivity index (χ3n) is 4.06. The summed E-state index contributed by atoms with van der Waals surface area (Å²) in [6, 6.07) is 11.1. The van der Waals surface area contributed by atoms with E-state index in [0.717, 1.165) is 5.56 Å². The van der Waals surface area contributed by atoms with E-state index in [-0.39, 0.29) is 12.5 Å². The normalized spacial score (nSPS) is 11.0. The van der Waals surface area contributed by atoms with Crippen LogP contribution < -0.4 is 5.32 Å². The van der Waals surface area contributed by atoms with E-state index in [1.807, 2.05) is 43.5 Å². The molecule has 130 valence electrons. The molecule has 0 radical (unpaired) electrons. The summed E-state index contributed by atoms with van der Waals surface area (Å²) in [7, 11) is 0. The lowest BCUT2D eigenvalue weighted by atomic mass is 10.1. The number of pyridine rings is 1. The molecule has 26 heavy (non-hydrogen) atoms. The van der Waals surface area contributed by atoms with E-state index in [1.54, 1.807) is 17.4 Å². The van der Waals surface area contributed by atoms with Gasteiger partial charge in [-0.1, -0.05) is 23.4 Å². The first-order chi connectivity index (χ1) is 12.6. The molecule has 0 fully saturated rings. The number of aryl methyl sites for hydroxylation is 2. The Morgan fingerprint density at radius 1 is 1.15 bits per heavy atom. The topological polar surface area (TPSA) is 98.2 Å². The predicted octanol–water partition coefficient (Wildman–Crippen LogP) is 2.33. The fourth-order valence-corrected chi connectivity index (χ4v) is 2.74. The van der Waals surface area contributed by atoms with E-state index in [2.05, 4.69) is 25.7 Å². The molecule has 4 rings (SSSR count). The van der Waals surface area contributed by atoms with Gasteiger partial charge in [-0.05, 0) is 37.6 Å². The SMILES string of the molecule is Cc1noc(-c2cccn3c(CNC(=O)c4ccccc4C)nnc23)n1. The van der Waals surface area contributed by atoms with Gasteiger partial charge in [0.2, 0.25) is 0 Å². The summed E-state index contributed by atoms with van der Waals surface area (Å²) >= 11 is 0. The van der Waals surface area contributed by atoms with Gasteiger partial charge in [0.1, 0.15) is 0 Å². The Kier molecular flexibility index (Phi) is 3.92. The number of hydrogen-bond donors (Lipinski definition) is 1.